The van der Waals surface area contributed by atoms with E-state index in [0.717, 1.165) is 11.1 Å². The maximum atomic E-state index is 9.91. The molecule has 6 heteroatoms. The van der Waals surface area contributed by atoms with Gasteiger partial charge in [-0.15, -0.1) is 0 Å². The molecule has 6 nitrogen and oxygen atoms in total. The number of phenols is 2. The number of ether oxygens (including phenoxy) is 3. The highest BCUT2D eigenvalue weighted by Crippen LogP contribution is 2.56. The van der Waals surface area contributed by atoms with Gasteiger partial charge in [-0.2, -0.15) is 0 Å². The lowest BCUT2D eigenvalue weighted by atomic mass is 9.93. The van der Waals surface area contributed by atoms with Crippen LogP contribution in [0.25, 0.3) is 0 Å². The average Bonchev–Trinajstić information content (AvgIpc) is 3.24. The van der Waals surface area contributed by atoms with Crippen molar-refractivity contribution in [1.29, 1.82) is 0 Å². The first-order chi connectivity index (χ1) is 12.4. The van der Waals surface area contributed by atoms with Crippen molar-refractivity contribution in [2.24, 2.45) is 0 Å². The van der Waals surface area contributed by atoms with Crippen LogP contribution in [0.2, 0.25) is 0 Å². The Hall–Kier alpha value is -2.12. The van der Waals surface area contributed by atoms with Crippen LogP contribution in [0.15, 0.2) is 48.5 Å². The van der Waals surface area contributed by atoms with E-state index in [0.29, 0.717) is 6.61 Å². The lowest BCUT2D eigenvalue weighted by Crippen LogP contribution is -2.40. The Bertz CT molecular complexity index is 827. The van der Waals surface area contributed by atoms with Gasteiger partial charge in [0.1, 0.15) is 41.4 Å². The van der Waals surface area contributed by atoms with E-state index in [1.165, 1.54) is 0 Å². The second kappa shape index (κ2) is 5.20. The molecule has 3 saturated heterocycles. The first-order valence-corrected chi connectivity index (χ1v) is 8.75. The highest BCUT2D eigenvalue weighted by molar-refractivity contribution is 5.36. The van der Waals surface area contributed by atoms with Crippen LogP contribution in [-0.4, -0.2) is 40.4 Å². The van der Waals surface area contributed by atoms with Gasteiger partial charge in [-0.3, -0.25) is 0 Å². The van der Waals surface area contributed by atoms with Crippen LogP contribution in [0.5, 0.6) is 11.5 Å². The Morgan fingerprint density at radius 1 is 0.885 bits per heavy atom. The molecular formula is C20H21NO5. The number of rotatable bonds is 2. The normalized spacial score (nSPS) is 38.6. The van der Waals surface area contributed by atoms with Crippen LogP contribution in [0, 0.1) is 0 Å². The molecule has 0 bridgehead atoms. The fourth-order valence-corrected chi connectivity index (χ4v) is 4.45. The Kier molecular flexibility index (Phi) is 3.22. The Morgan fingerprint density at radius 2 is 1.46 bits per heavy atom. The number of aromatic hydroxyl groups is 2. The predicted molar refractivity (Wildman–Crippen MR) is 92.2 cm³/mol. The van der Waals surface area contributed by atoms with Gasteiger partial charge >= 0.3 is 0 Å². The van der Waals surface area contributed by atoms with E-state index in [1.807, 2.05) is 26.0 Å². The van der Waals surface area contributed by atoms with E-state index in [2.05, 4.69) is 4.90 Å². The zero-order valence-electron chi connectivity index (χ0n) is 14.6. The lowest BCUT2D eigenvalue weighted by molar-refractivity contribution is -0.138. The quantitative estimate of drug-likeness (QED) is 0.863. The third kappa shape index (κ3) is 2.01. The van der Waals surface area contributed by atoms with Gasteiger partial charge in [0, 0.05) is 0 Å². The van der Waals surface area contributed by atoms with Crippen molar-refractivity contribution in [2.45, 2.75) is 43.7 Å². The van der Waals surface area contributed by atoms with Crippen molar-refractivity contribution in [1.82, 2.24) is 4.90 Å². The third-order valence-electron chi connectivity index (χ3n) is 5.79. The Balaban J connectivity index is 1.59. The van der Waals surface area contributed by atoms with Gasteiger partial charge in [-0.25, -0.2) is 4.90 Å². The fraction of sp³-hybridized carbons (Fsp3) is 0.400. The summed E-state index contributed by atoms with van der Waals surface area (Å²) in [6, 6.07) is 14.2. The molecule has 0 aliphatic carbocycles. The standard InChI is InChI=1S/C20H21NO5/c1-19(12-5-3-7-14(22)9-12)17-21-16(11-24-17)25-20(2,18(21)26-19)13-6-4-8-15(23)10-13/h3-10,16-18,22-23H,11H2,1-2H3/t16-,17-,18-,19-,20-/m0/s1. The van der Waals surface area contributed by atoms with E-state index < -0.39 is 11.2 Å². The average molecular weight is 355 g/mol. The molecule has 5 rings (SSSR count). The fourth-order valence-electron chi connectivity index (χ4n) is 4.45. The first kappa shape index (κ1) is 16.1. The molecule has 26 heavy (non-hydrogen) atoms. The second-order valence-electron chi connectivity index (χ2n) is 7.49. The smallest absolute Gasteiger partial charge is 0.149 e. The van der Waals surface area contributed by atoms with Crippen LogP contribution in [0.4, 0.5) is 0 Å². The molecule has 0 aromatic heterocycles. The molecule has 2 aromatic rings. The van der Waals surface area contributed by atoms with Gasteiger partial charge in [0.05, 0.1) is 6.61 Å². The molecule has 5 atom stereocenters. The van der Waals surface area contributed by atoms with Crippen LogP contribution >= 0.6 is 0 Å². The van der Waals surface area contributed by atoms with Crippen molar-refractivity contribution in [3.63, 3.8) is 0 Å². The summed E-state index contributed by atoms with van der Waals surface area (Å²) >= 11 is 0. The summed E-state index contributed by atoms with van der Waals surface area (Å²) in [5, 5.41) is 19.8. The zero-order chi connectivity index (χ0) is 18.1. The summed E-state index contributed by atoms with van der Waals surface area (Å²) in [5.41, 5.74) is 0.242. The molecule has 0 amide bonds. The topological polar surface area (TPSA) is 71.4 Å². The van der Waals surface area contributed by atoms with Gasteiger partial charge in [0.25, 0.3) is 0 Å². The molecule has 136 valence electrons. The van der Waals surface area contributed by atoms with Crippen LogP contribution in [0.3, 0.4) is 0 Å². The third-order valence-corrected chi connectivity index (χ3v) is 5.79. The molecule has 0 unspecified atom stereocenters. The summed E-state index contributed by atoms with van der Waals surface area (Å²) in [6.07, 6.45) is -0.885. The van der Waals surface area contributed by atoms with Gasteiger partial charge in [-0.1, -0.05) is 24.3 Å². The molecular weight excluding hydrogens is 334 g/mol. The Morgan fingerprint density at radius 3 is 2.04 bits per heavy atom. The predicted octanol–water partition coefficient (Wildman–Crippen LogP) is 2.60. The summed E-state index contributed by atoms with van der Waals surface area (Å²) in [6.45, 7) is 4.42. The Labute approximate surface area is 151 Å². The van der Waals surface area contributed by atoms with Crippen molar-refractivity contribution < 1.29 is 24.4 Å². The molecule has 2 N–H and O–H groups in total. The molecule has 0 radical (unpaired) electrons. The van der Waals surface area contributed by atoms with Crippen molar-refractivity contribution in [2.75, 3.05) is 6.61 Å². The van der Waals surface area contributed by atoms with Crippen LogP contribution in [0.1, 0.15) is 25.0 Å². The summed E-state index contributed by atoms with van der Waals surface area (Å²) in [5.74, 6) is 0.391. The van der Waals surface area contributed by atoms with E-state index in [-0.39, 0.29) is 30.2 Å². The number of nitrogens with zero attached hydrogens (tertiary/aromatic N) is 1. The van der Waals surface area contributed by atoms with Crippen LogP contribution in [-0.2, 0) is 25.4 Å². The van der Waals surface area contributed by atoms with E-state index in [9.17, 15) is 10.2 Å². The monoisotopic (exact) mass is 355 g/mol. The molecule has 0 spiro atoms. The highest BCUT2D eigenvalue weighted by Gasteiger charge is 2.68. The van der Waals surface area contributed by atoms with Gasteiger partial charge in [-0.05, 0) is 49.2 Å². The SMILES string of the molecule is C[C@@]1(c2cccc(O)c2)O[C@H]2CO[C@@H]3N2[C@H]1O[C@@]3(C)c1cccc(O)c1. The maximum absolute atomic E-state index is 9.91. The number of benzene rings is 2. The molecule has 0 saturated carbocycles. The highest BCUT2D eigenvalue weighted by atomic mass is 16.7. The summed E-state index contributed by atoms with van der Waals surface area (Å²) in [4.78, 5) is 2.12. The first-order valence-electron chi connectivity index (χ1n) is 8.75. The van der Waals surface area contributed by atoms with Gasteiger partial charge < -0.3 is 24.4 Å². The van der Waals surface area contributed by atoms with Gasteiger partial charge in [0.2, 0.25) is 0 Å². The van der Waals surface area contributed by atoms with Gasteiger partial charge in [0.15, 0.2) is 0 Å². The molecule has 3 heterocycles. The summed E-state index contributed by atoms with van der Waals surface area (Å²) < 4.78 is 18.9. The van der Waals surface area contributed by atoms with E-state index >= 15 is 0 Å². The van der Waals surface area contributed by atoms with Crippen molar-refractivity contribution in [3.8, 4) is 11.5 Å². The van der Waals surface area contributed by atoms with E-state index in [4.69, 9.17) is 14.2 Å². The largest absolute Gasteiger partial charge is 0.508 e. The van der Waals surface area contributed by atoms with Crippen molar-refractivity contribution in [3.05, 3.63) is 59.7 Å². The molecule has 3 aliphatic heterocycles. The lowest BCUT2D eigenvalue weighted by Gasteiger charge is -2.33. The summed E-state index contributed by atoms with van der Waals surface area (Å²) in [7, 11) is 0. The zero-order valence-corrected chi connectivity index (χ0v) is 14.6. The second-order valence-corrected chi connectivity index (χ2v) is 7.49. The maximum Gasteiger partial charge on any atom is 0.149 e. The molecule has 3 fully saturated rings. The van der Waals surface area contributed by atoms with Crippen molar-refractivity contribution >= 4 is 0 Å². The molecule has 2 aromatic carbocycles. The minimum Gasteiger partial charge on any atom is -0.508 e. The van der Waals surface area contributed by atoms with E-state index in [1.54, 1.807) is 36.4 Å². The minimum atomic E-state index is -0.736. The number of phenolic OH excluding ortho intramolecular Hbond substituents is 2. The molecule has 3 aliphatic rings. The number of hydrogen-bond acceptors (Lipinski definition) is 6. The minimum absolute atomic E-state index is 0.195. The van der Waals surface area contributed by atoms with Crippen LogP contribution < -0.4 is 0 Å². The number of hydrogen-bond donors (Lipinski definition) is 2.